The molecule has 0 bridgehead atoms. The first-order valence-corrected chi connectivity index (χ1v) is 9.23. The molecule has 27 heavy (non-hydrogen) atoms. The van der Waals surface area contributed by atoms with Crippen molar-refractivity contribution in [3.05, 3.63) is 70.4 Å². The number of rotatable bonds is 6. The Morgan fingerprint density at radius 1 is 1.11 bits per heavy atom. The third-order valence-corrected chi connectivity index (χ3v) is 5.21. The molecular formula is C21H22FN3O2. The molecule has 1 aromatic heterocycles. The van der Waals surface area contributed by atoms with Crippen LogP contribution in [0.3, 0.4) is 0 Å². The summed E-state index contributed by atoms with van der Waals surface area (Å²) in [6.45, 7) is 0.597. The van der Waals surface area contributed by atoms with Crippen molar-refractivity contribution >= 4 is 16.9 Å². The molecule has 1 fully saturated rings. The minimum Gasteiger partial charge on any atom is -0.335 e. The highest BCUT2D eigenvalue weighted by Crippen LogP contribution is 2.29. The molecule has 1 heterocycles. The van der Waals surface area contributed by atoms with E-state index in [1.54, 1.807) is 39.3 Å². The molecule has 5 nitrogen and oxygen atoms in total. The summed E-state index contributed by atoms with van der Waals surface area (Å²) in [5.41, 5.74) is 2.07. The van der Waals surface area contributed by atoms with Crippen molar-refractivity contribution in [3.8, 4) is 0 Å². The maximum absolute atomic E-state index is 14.0. The predicted molar refractivity (Wildman–Crippen MR) is 102 cm³/mol. The molecule has 0 spiro atoms. The van der Waals surface area contributed by atoms with Crippen molar-refractivity contribution in [1.29, 1.82) is 0 Å². The first-order chi connectivity index (χ1) is 13.1. The van der Waals surface area contributed by atoms with Gasteiger partial charge in [0.05, 0.1) is 11.0 Å². The Labute approximate surface area is 156 Å². The molecule has 6 heteroatoms. The molecule has 1 amide bonds. The lowest BCUT2D eigenvalue weighted by atomic mass is 10.2. The third kappa shape index (κ3) is 3.39. The minimum atomic E-state index is -0.291. The number of nitrogens with zero attached hydrogens (tertiary/aromatic N) is 3. The Bertz CT molecular complexity index is 1050. The fourth-order valence-corrected chi connectivity index (χ4v) is 3.55. The van der Waals surface area contributed by atoms with Gasteiger partial charge >= 0.3 is 5.69 Å². The van der Waals surface area contributed by atoms with Gasteiger partial charge in [-0.3, -0.25) is 13.9 Å². The van der Waals surface area contributed by atoms with Crippen molar-refractivity contribution in [2.45, 2.75) is 38.4 Å². The number of imidazole rings is 1. The van der Waals surface area contributed by atoms with Gasteiger partial charge < -0.3 is 4.90 Å². The Hall–Kier alpha value is -2.89. The van der Waals surface area contributed by atoms with Crippen LogP contribution in [0.1, 0.15) is 24.8 Å². The van der Waals surface area contributed by atoms with Crippen LogP contribution < -0.4 is 5.69 Å². The normalized spacial score (nSPS) is 13.9. The number of para-hydroxylation sites is 2. The summed E-state index contributed by atoms with van der Waals surface area (Å²) in [4.78, 5) is 27.1. The highest BCUT2D eigenvalue weighted by molar-refractivity contribution is 5.78. The summed E-state index contributed by atoms with van der Waals surface area (Å²) in [6, 6.07) is 14.3. The molecule has 4 rings (SSSR count). The zero-order valence-corrected chi connectivity index (χ0v) is 15.3. The largest absolute Gasteiger partial charge is 0.335 e. The number of amides is 1. The van der Waals surface area contributed by atoms with Crippen LogP contribution in [-0.4, -0.2) is 26.0 Å². The van der Waals surface area contributed by atoms with E-state index < -0.39 is 0 Å². The third-order valence-electron chi connectivity index (χ3n) is 5.21. The van der Waals surface area contributed by atoms with Crippen LogP contribution in [0.15, 0.2) is 53.3 Å². The molecular weight excluding hydrogens is 345 g/mol. The molecule has 0 radical (unpaired) electrons. The minimum absolute atomic E-state index is 0.0411. The molecule has 1 aliphatic carbocycles. The lowest BCUT2D eigenvalue weighted by Crippen LogP contribution is -2.34. The van der Waals surface area contributed by atoms with Crippen LogP contribution >= 0.6 is 0 Å². The average molecular weight is 367 g/mol. The Morgan fingerprint density at radius 2 is 1.78 bits per heavy atom. The number of hydrogen-bond acceptors (Lipinski definition) is 2. The molecule has 140 valence electrons. The van der Waals surface area contributed by atoms with Crippen LogP contribution in [-0.2, 0) is 24.9 Å². The zero-order chi connectivity index (χ0) is 19.0. The fourth-order valence-electron chi connectivity index (χ4n) is 3.55. The maximum Gasteiger partial charge on any atom is 0.328 e. The number of carbonyl (C=O) groups is 1. The SMILES string of the molecule is Cn1c(=O)n(CCC(=O)N(Cc2ccccc2F)C2CC2)c2ccccc21. The number of carbonyl (C=O) groups excluding carboxylic acids is 1. The lowest BCUT2D eigenvalue weighted by Gasteiger charge is -2.23. The van der Waals surface area contributed by atoms with Crippen molar-refractivity contribution in [2.75, 3.05) is 0 Å². The van der Waals surface area contributed by atoms with Gasteiger partial charge in [-0.05, 0) is 31.0 Å². The predicted octanol–water partition coefficient (Wildman–Crippen LogP) is 3.06. The van der Waals surface area contributed by atoms with E-state index in [2.05, 4.69) is 0 Å². The Kier molecular flexibility index (Phi) is 4.56. The highest BCUT2D eigenvalue weighted by Gasteiger charge is 2.32. The molecule has 2 aromatic carbocycles. The van der Waals surface area contributed by atoms with Crippen LogP contribution in [0, 0.1) is 5.82 Å². The molecule has 0 atom stereocenters. The quantitative estimate of drug-likeness (QED) is 0.672. The van der Waals surface area contributed by atoms with Gasteiger partial charge in [0.2, 0.25) is 5.91 Å². The van der Waals surface area contributed by atoms with Gasteiger partial charge in [-0.15, -0.1) is 0 Å². The van der Waals surface area contributed by atoms with Crippen molar-refractivity contribution in [3.63, 3.8) is 0 Å². The second-order valence-electron chi connectivity index (χ2n) is 7.08. The number of halogens is 1. The number of aromatic nitrogens is 2. The smallest absolute Gasteiger partial charge is 0.328 e. The maximum atomic E-state index is 14.0. The van der Waals surface area contributed by atoms with Crippen LogP contribution in [0.25, 0.3) is 11.0 Å². The summed E-state index contributed by atoms with van der Waals surface area (Å²) in [5, 5.41) is 0. The van der Waals surface area contributed by atoms with Crippen molar-refractivity contribution < 1.29 is 9.18 Å². The van der Waals surface area contributed by atoms with E-state index in [-0.39, 0.29) is 36.4 Å². The number of benzene rings is 2. The first-order valence-electron chi connectivity index (χ1n) is 9.23. The van der Waals surface area contributed by atoms with E-state index in [1.807, 2.05) is 24.3 Å². The van der Waals surface area contributed by atoms with Crippen LogP contribution in [0.5, 0.6) is 0 Å². The molecule has 0 saturated heterocycles. The monoisotopic (exact) mass is 367 g/mol. The molecule has 0 N–H and O–H groups in total. The van der Waals surface area contributed by atoms with E-state index in [4.69, 9.17) is 0 Å². The second kappa shape index (κ2) is 7.02. The Morgan fingerprint density at radius 3 is 2.48 bits per heavy atom. The second-order valence-corrected chi connectivity index (χ2v) is 7.08. The molecule has 1 aliphatic rings. The molecule has 3 aromatic rings. The standard InChI is InChI=1S/C21H22FN3O2/c1-23-18-8-4-5-9-19(18)24(21(23)27)13-12-20(26)25(16-10-11-16)14-15-6-2-3-7-17(15)22/h2-9,16H,10-14H2,1H3. The van der Waals surface area contributed by atoms with Gasteiger partial charge in [0.15, 0.2) is 0 Å². The van der Waals surface area contributed by atoms with Crippen LogP contribution in [0.4, 0.5) is 4.39 Å². The summed E-state index contributed by atoms with van der Waals surface area (Å²) in [7, 11) is 1.73. The summed E-state index contributed by atoms with van der Waals surface area (Å²) >= 11 is 0. The van der Waals surface area contributed by atoms with Gasteiger partial charge in [-0.25, -0.2) is 9.18 Å². The lowest BCUT2D eigenvalue weighted by molar-refractivity contribution is -0.132. The van der Waals surface area contributed by atoms with Gasteiger partial charge in [0, 0.05) is 38.2 Å². The van der Waals surface area contributed by atoms with E-state index in [0.29, 0.717) is 12.1 Å². The average Bonchev–Trinajstić information content (AvgIpc) is 3.48. The molecule has 0 aliphatic heterocycles. The van der Waals surface area contributed by atoms with E-state index in [0.717, 1.165) is 23.9 Å². The molecule has 1 saturated carbocycles. The van der Waals surface area contributed by atoms with Crippen molar-refractivity contribution in [2.24, 2.45) is 7.05 Å². The number of aryl methyl sites for hydroxylation is 2. The van der Waals surface area contributed by atoms with Gasteiger partial charge in [-0.2, -0.15) is 0 Å². The summed E-state index contributed by atoms with van der Waals surface area (Å²) in [6.07, 6.45) is 2.13. The highest BCUT2D eigenvalue weighted by atomic mass is 19.1. The van der Waals surface area contributed by atoms with E-state index in [9.17, 15) is 14.0 Å². The first kappa shape index (κ1) is 17.5. The number of hydrogen-bond donors (Lipinski definition) is 0. The summed E-state index contributed by atoms with van der Waals surface area (Å²) in [5.74, 6) is -0.332. The zero-order valence-electron chi connectivity index (χ0n) is 15.3. The van der Waals surface area contributed by atoms with E-state index in [1.165, 1.54) is 6.07 Å². The topological polar surface area (TPSA) is 47.2 Å². The fraction of sp³-hybridized carbons (Fsp3) is 0.333. The van der Waals surface area contributed by atoms with Gasteiger partial charge in [-0.1, -0.05) is 30.3 Å². The van der Waals surface area contributed by atoms with E-state index >= 15 is 0 Å². The summed E-state index contributed by atoms with van der Waals surface area (Å²) < 4.78 is 17.2. The number of fused-ring (bicyclic) bond motifs is 1. The van der Waals surface area contributed by atoms with Crippen LogP contribution in [0.2, 0.25) is 0 Å². The van der Waals surface area contributed by atoms with Gasteiger partial charge in [0.25, 0.3) is 0 Å². The Balaban J connectivity index is 1.52. The molecule has 0 unspecified atom stereocenters. The van der Waals surface area contributed by atoms with Crippen molar-refractivity contribution in [1.82, 2.24) is 14.0 Å². The van der Waals surface area contributed by atoms with Gasteiger partial charge in [0.1, 0.15) is 5.82 Å².